The molecule has 0 atom stereocenters. The van der Waals surface area contributed by atoms with Crippen LogP contribution in [0.25, 0.3) is 12.2 Å². The molecule has 2 N–H and O–H groups in total. The van der Waals surface area contributed by atoms with Crippen LogP contribution in [0.3, 0.4) is 0 Å². The van der Waals surface area contributed by atoms with E-state index in [1.165, 1.54) is 7.11 Å². The Morgan fingerprint density at radius 2 is 1.85 bits per heavy atom. The van der Waals surface area contributed by atoms with Crippen molar-refractivity contribution in [2.75, 3.05) is 12.8 Å². The number of hydrogen-bond acceptors (Lipinski definition) is 3. The predicted octanol–water partition coefficient (Wildman–Crippen LogP) is 3.88. The Bertz CT molecular complexity index is 648. The van der Waals surface area contributed by atoms with Gasteiger partial charge in [0.1, 0.15) is 0 Å². The van der Waals surface area contributed by atoms with E-state index in [9.17, 15) is 4.79 Å². The molecule has 2 aromatic carbocycles. The van der Waals surface area contributed by atoms with E-state index in [4.69, 9.17) is 17.3 Å². The summed E-state index contributed by atoms with van der Waals surface area (Å²) in [6, 6.07) is 12.4. The van der Waals surface area contributed by atoms with Gasteiger partial charge in [-0.2, -0.15) is 0 Å². The summed E-state index contributed by atoms with van der Waals surface area (Å²) in [7, 11) is 1.36. The van der Waals surface area contributed by atoms with E-state index in [1.807, 2.05) is 24.3 Å². The van der Waals surface area contributed by atoms with Gasteiger partial charge in [0.2, 0.25) is 0 Å². The molecule has 4 heteroatoms. The fourth-order valence-electron chi connectivity index (χ4n) is 1.72. The molecule has 0 aliphatic rings. The molecular weight excluding hydrogens is 274 g/mol. The Hall–Kier alpha value is -2.26. The van der Waals surface area contributed by atoms with Crippen LogP contribution in [-0.2, 0) is 4.74 Å². The number of anilines is 1. The van der Waals surface area contributed by atoms with Gasteiger partial charge in [-0.1, -0.05) is 35.9 Å². The van der Waals surface area contributed by atoms with Crippen molar-refractivity contribution in [1.82, 2.24) is 0 Å². The Balaban J connectivity index is 2.19. The molecule has 0 radical (unpaired) electrons. The Labute approximate surface area is 122 Å². The van der Waals surface area contributed by atoms with Gasteiger partial charge < -0.3 is 10.5 Å². The number of esters is 1. The van der Waals surface area contributed by atoms with Gasteiger partial charge in [-0.15, -0.1) is 0 Å². The fraction of sp³-hybridized carbons (Fsp3) is 0.0625. The molecule has 102 valence electrons. The molecule has 2 aromatic rings. The highest BCUT2D eigenvalue weighted by Gasteiger charge is 2.03. The smallest absolute Gasteiger partial charge is 0.337 e. The zero-order chi connectivity index (χ0) is 14.5. The van der Waals surface area contributed by atoms with E-state index in [2.05, 4.69) is 4.74 Å². The third-order valence-electron chi connectivity index (χ3n) is 2.84. The molecule has 2 rings (SSSR count). The highest BCUT2D eigenvalue weighted by Crippen LogP contribution is 2.20. The number of nitrogen functional groups attached to an aromatic ring is 1. The number of hydrogen-bond donors (Lipinski definition) is 1. The van der Waals surface area contributed by atoms with Crippen molar-refractivity contribution in [3.63, 3.8) is 0 Å². The summed E-state index contributed by atoms with van der Waals surface area (Å²) in [6.45, 7) is 0. The highest BCUT2D eigenvalue weighted by molar-refractivity contribution is 6.30. The lowest BCUT2D eigenvalue weighted by Gasteiger charge is -2.01. The number of carbonyl (C=O) groups excluding carboxylic acids is 1. The molecule has 0 unspecified atom stereocenters. The first kappa shape index (κ1) is 14.2. The minimum absolute atomic E-state index is 0.348. The van der Waals surface area contributed by atoms with E-state index >= 15 is 0 Å². The molecule has 3 nitrogen and oxygen atoms in total. The van der Waals surface area contributed by atoms with Crippen LogP contribution in [-0.4, -0.2) is 13.1 Å². The van der Waals surface area contributed by atoms with Crippen LogP contribution < -0.4 is 5.73 Å². The summed E-state index contributed by atoms with van der Waals surface area (Å²) in [5.74, 6) is -0.348. The summed E-state index contributed by atoms with van der Waals surface area (Å²) in [5.41, 5.74) is 8.86. The molecule has 0 spiro atoms. The summed E-state index contributed by atoms with van der Waals surface area (Å²) in [6.07, 6.45) is 3.79. The minimum Gasteiger partial charge on any atom is -0.465 e. The van der Waals surface area contributed by atoms with E-state index in [1.54, 1.807) is 30.3 Å². The van der Waals surface area contributed by atoms with Gasteiger partial charge in [-0.3, -0.25) is 0 Å². The lowest BCUT2D eigenvalue weighted by atomic mass is 10.1. The third kappa shape index (κ3) is 3.39. The minimum atomic E-state index is -0.348. The average Bonchev–Trinajstić information content (AvgIpc) is 2.48. The second-order valence-electron chi connectivity index (χ2n) is 4.22. The zero-order valence-corrected chi connectivity index (χ0v) is 11.7. The largest absolute Gasteiger partial charge is 0.465 e. The van der Waals surface area contributed by atoms with Gasteiger partial charge in [-0.05, 0) is 41.5 Å². The summed E-state index contributed by atoms with van der Waals surface area (Å²) in [5, 5.41) is 0.639. The molecule has 0 saturated carbocycles. The van der Waals surface area contributed by atoms with Crippen LogP contribution in [0.5, 0.6) is 0 Å². The van der Waals surface area contributed by atoms with Crippen LogP contribution in [0.2, 0.25) is 5.02 Å². The molecular formula is C16H14ClNO2. The number of carbonyl (C=O) groups is 1. The van der Waals surface area contributed by atoms with Gasteiger partial charge >= 0.3 is 5.97 Å². The molecule has 0 fully saturated rings. The quantitative estimate of drug-likeness (QED) is 0.529. The Morgan fingerprint density at radius 1 is 1.15 bits per heavy atom. The van der Waals surface area contributed by atoms with Gasteiger partial charge in [0, 0.05) is 10.7 Å². The van der Waals surface area contributed by atoms with E-state index in [0.29, 0.717) is 16.3 Å². The third-order valence-corrected chi connectivity index (χ3v) is 3.07. The summed E-state index contributed by atoms with van der Waals surface area (Å²) >= 11 is 5.93. The van der Waals surface area contributed by atoms with Crippen molar-refractivity contribution in [2.45, 2.75) is 0 Å². The van der Waals surface area contributed by atoms with Crippen LogP contribution in [0, 0.1) is 0 Å². The van der Waals surface area contributed by atoms with Gasteiger partial charge in [0.15, 0.2) is 0 Å². The van der Waals surface area contributed by atoms with Crippen LogP contribution >= 0.6 is 11.6 Å². The number of nitrogens with two attached hydrogens (primary N) is 1. The standard InChI is InChI=1S/C16H14ClNO2/c1-20-16(19)12-5-2-11(3-6-12)4-7-13-10-14(17)8-9-15(13)18/h2-10H,18H2,1H3/b7-4+. The first-order valence-corrected chi connectivity index (χ1v) is 6.39. The van der Waals surface area contributed by atoms with E-state index in [0.717, 1.165) is 11.1 Å². The number of halogens is 1. The van der Waals surface area contributed by atoms with Crippen molar-refractivity contribution < 1.29 is 9.53 Å². The van der Waals surface area contributed by atoms with Crippen LogP contribution in [0.1, 0.15) is 21.5 Å². The first-order chi connectivity index (χ1) is 9.60. The Kier molecular flexibility index (Phi) is 4.43. The number of methoxy groups -OCH3 is 1. The second kappa shape index (κ2) is 6.26. The highest BCUT2D eigenvalue weighted by atomic mass is 35.5. The van der Waals surface area contributed by atoms with Crippen LogP contribution in [0.4, 0.5) is 5.69 Å². The maximum Gasteiger partial charge on any atom is 0.337 e. The van der Waals surface area contributed by atoms with E-state index in [-0.39, 0.29) is 5.97 Å². The van der Waals surface area contributed by atoms with Crippen molar-refractivity contribution in [2.24, 2.45) is 0 Å². The zero-order valence-electron chi connectivity index (χ0n) is 11.0. The van der Waals surface area contributed by atoms with Crippen LogP contribution in [0.15, 0.2) is 42.5 Å². The molecule has 0 saturated heterocycles. The summed E-state index contributed by atoms with van der Waals surface area (Å²) < 4.78 is 4.65. The van der Waals surface area contributed by atoms with Crippen molar-refractivity contribution in [3.05, 3.63) is 64.2 Å². The SMILES string of the molecule is COC(=O)c1ccc(/C=C/c2cc(Cl)ccc2N)cc1. The van der Waals surface area contributed by atoms with Gasteiger partial charge in [-0.25, -0.2) is 4.79 Å². The summed E-state index contributed by atoms with van der Waals surface area (Å²) in [4.78, 5) is 11.3. The second-order valence-corrected chi connectivity index (χ2v) is 4.66. The van der Waals surface area contributed by atoms with Crippen molar-refractivity contribution >= 4 is 35.4 Å². The maximum atomic E-state index is 11.3. The molecule has 0 aromatic heterocycles. The maximum absolute atomic E-state index is 11.3. The van der Waals surface area contributed by atoms with Gasteiger partial charge in [0.25, 0.3) is 0 Å². The topological polar surface area (TPSA) is 52.3 Å². The molecule has 0 heterocycles. The molecule has 0 aliphatic heterocycles. The lowest BCUT2D eigenvalue weighted by Crippen LogP contribution is -2.00. The van der Waals surface area contributed by atoms with Gasteiger partial charge in [0.05, 0.1) is 12.7 Å². The number of benzene rings is 2. The van der Waals surface area contributed by atoms with Crippen molar-refractivity contribution in [3.8, 4) is 0 Å². The lowest BCUT2D eigenvalue weighted by molar-refractivity contribution is 0.0601. The molecule has 0 aliphatic carbocycles. The molecule has 0 bridgehead atoms. The monoisotopic (exact) mass is 287 g/mol. The molecule has 20 heavy (non-hydrogen) atoms. The fourth-order valence-corrected chi connectivity index (χ4v) is 1.90. The number of ether oxygens (including phenoxy) is 1. The van der Waals surface area contributed by atoms with E-state index < -0.39 is 0 Å². The predicted molar refractivity (Wildman–Crippen MR) is 82.6 cm³/mol. The number of rotatable bonds is 3. The Morgan fingerprint density at radius 3 is 2.50 bits per heavy atom. The first-order valence-electron chi connectivity index (χ1n) is 6.01. The molecule has 0 amide bonds. The average molecular weight is 288 g/mol. The van der Waals surface area contributed by atoms with Crippen molar-refractivity contribution in [1.29, 1.82) is 0 Å². The normalized spacial score (nSPS) is 10.7.